The molecule has 1 amide bonds. The van der Waals surface area contributed by atoms with Crippen molar-refractivity contribution in [2.24, 2.45) is 4.99 Å². The van der Waals surface area contributed by atoms with Crippen LogP contribution in [0.3, 0.4) is 0 Å². The van der Waals surface area contributed by atoms with E-state index in [-0.39, 0.29) is 5.91 Å². The fourth-order valence-electron chi connectivity index (χ4n) is 1.41. The van der Waals surface area contributed by atoms with Crippen molar-refractivity contribution in [2.45, 2.75) is 0 Å². The van der Waals surface area contributed by atoms with Crippen LogP contribution in [0.1, 0.15) is 15.9 Å². The minimum atomic E-state index is -0.0802. The fraction of sp³-hybridized carbons (Fsp3) is 0.0909. The van der Waals surface area contributed by atoms with E-state index in [9.17, 15) is 4.79 Å². The van der Waals surface area contributed by atoms with Crippen LogP contribution < -0.4 is 5.32 Å². The summed E-state index contributed by atoms with van der Waals surface area (Å²) in [6, 6.07) is 7.41. The molecule has 1 aliphatic rings. The molecular weight excluding hydrogens is 176 g/mol. The molecule has 0 fully saturated rings. The number of hydrogen-bond acceptors (Lipinski definition) is 2. The number of amidine groups is 1. The van der Waals surface area contributed by atoms with Crippen molar-refractivity contribution in [3.63, 3.8) is 0 Å². The maximum atomic E-state index is 11.4. The van der Waals surface area contributed by atoms with E-state index in [2.05, 4.69) is 16.9 Å². The minimum absolute atomic E-state index is 0.0802. The molecule has 1 aromatic rings. The largest absolute Gasteiger partial charge is 0.306 e. The SMILES string of the molecule is C=CC/N=C1\NC(=O)c2ccccc21. The zero-order valence-electron chi connectivity index (χ0n) is 7.66. The molecule has 1 N–H and O–H groups in total. The molecule has 70 valence electrons. The lowest BCUT2D eigenvalue weighted by molar-refractivity contribution is 0.0983. The number of benzene rings is 1. The Balaban J connectivity index is 2.43. The van der Waals surface area contributed by atoms with Gasteiger partial charge in [-0.25, -0.2) is 0 Å². The molecule has 0 spiro atoms. The van der Waals surface area contributed by atoms with Gasteiger partial charge in [-0.2, -0.15) is 0 Å². The van der Waals surface area contributed by atoms with Crippen LogP contribution in [0, 0.1) is 0 Å². The van der Waals surface area contributed by atoms with Crippen LogP contribution in [0.15, 0.2) is 41.9 Å². The van der Waals surface area contributed by atoms with Gasteiger partial charge in [-0.05, 0) is 6.07 Å². The van der Waals surface area contributed by atoms with Crippen LogP contribution >= 0.6 is 0 Å². The van der Waals surface area contributed by atoms with Crippen LogP contribution in [0.25, 0.3) is 0 Å². The van der Waals surface area contributed by atoms with Crippen LogP contribution in [0.2, 0.25) is 0 Å². The van der Waals surface area contributed by atoms with E-state index in [0.29, 0.717) is 17.9 Å². The van der Waals surface area contributed by atoms with Gasteiger partial charge in [0, 0.05) is 5.56 Å². The van der Waals surface area contributed by atoms with Crippen molar-refractivity contribution >= 4 is 11.7 Å². The summed E-state index contributed by atoms with van der Waals surface area (Å²) >= 11 is 0. The monoisotopic (exact) mass is 186 g/mol. The van der Waals surface area contributed by atoms with E-state index in [1.807, 2.05) is 18.2 Å². The average molecular weight is 186 g/mol. The summed E-state index contributed by atoms with van der Waals surface area (Å²) in [4.78, 5) is 15.6. The summed E-state index contributed by atoms with van der Waals surface area (Å²) < 4.78 is 0. The molecule has 0 saturated heterocycles. The van der Waals surface area contributed by atoms with Gasteiger partial charge in [-0.15, -0.1) is 6.58 Å². The van der Waals surface area contributed by atoms with Gasteiger partial charge in [-0.1, -0.05) is 24.3 Å². The Morgan fingerprint density at radius 3 is 2.79 bits per heavy atom. The van der Waals surface area contributed by atoms with E-state index in [1.165, 1.54) is 0 Å². The molecule has 0 radical (unpaired) electrons. The van der Waals surface area contributed by atoms with Crippen LogP contribution in [0.4, 0.5) is 0 Å². The number of carbonyl (C=O) groups excluding carboxylic acids is 1. The van der Waals surface area contributed by atoms with Crippen LogP contribution in [-0.4, -0.2) is 18.3 Å². The highest BCUT2D eigenvalue weighted by Crippen LogP contribution is 2.14. The molecular formula is C11H10N2O. The molecule has 3 nitrogen and oxygen atoms in total. The molecule has 1 heterocycles. The summed E-state index contributed by atoms with van der Waals surface area (Å²) in [5.74, 6) is 0.564. The maximum Gasteiger partial charge on any atom is 0.257 e. The zero-order chi connectivity index (χ0) is 9.97. The van der Waals surface area contributed by atoms with Gasteiger partial charge in [0.25, 0.3) is 5.91 Å². The minimum Gasteiger partial charge on any atom is -0.306 e. The third-order valence-corrected chi connectivity index (χ3v) is 2.04. The molecule has 2 rings (SSSR count). The van der Waals surface area contributed by atoms with Crippen molar-refractivity contribution in [3.05, 3.63) is 48.0 Å². The topological polar surface area (TPSA) is 41.5 Å². The lowest BCUT2D eigenvalue weighted by Gasteiger charge is -1.96. The standard InChI is InChI=1S/C11H10N2O/c1-2-7-12-10-8-5-3-4-6-9(8)11(14)13-10/h2-6H,1,7H2,(H,12,13,14). The summed E-state index contributed by atoms with van der Waals surface area (Å²) in [5.41, 5.74) is 1.56. The van der Waals surface area contributed by atoms with E-state index in [0.717, 1.165) is 5.56 Å². The van der Waals surface area contributed by atoms with Gasteiger partial charge in [0.1, 0.15) is 5.84 Å². The summed E-state index contributed by atoms with van der Waals surface area (Å²) in [6.07, 6.45) is 1.69. The molecule has 0 saturated carbocycles. The third kappa shape index (κ3) is 1.33. The number of hydrogen-bond donors (Lipinski definition) is 1. The third-order valence-electron chi connectivity index (χ3n) is 2.04. The predicted molar refractivity (Wildman–Crippen MR) is 55.5 cm³/mol. The van der Waals surface area contributed by atoms with Crippen LogP contribution in [0.5, 0.6) is 0 Å². The van der Waals surface area contributed by atoms with Gasteiger partial charge in [0.2, 0.25) is 0 Å². The maximum absolute atomic E-state index is 11.4. The van der Waals surface area contributed by atoms with Gasteiger partial charge in [-0.3, -0.25) is 9.79 Å². The summed E-state index contributed by atoms with van der Waals surface area (Å²) in [5, 5.41) is 2.72. The Hall–Kier alpha value is -1.90. The van der Waals surface area contributed by atoms with Gasteiger partial charge in [0.15, 0.2) is 0 Å². The first-order valence-corrected chi connectivity index (χ1v) is 4.39. The highest BCUT2D eigenvalue weighted by Gasteiger charge is 2.23. The second-order valence-corrected chi connectivity index (χ2v) is 2.98. The lowest BCUT2D eigenvalue weighted by atomic mass is 10.1. The first-order valence-electron chi connectivity index (χ1n) is 4.39. The molecule has 0 aliphatic carbocycles. The molecule has 3 heteroatoms. The van der Waals surface area contributed by atoms with Crippen molar-refractivity contribution < 1.29 is 4.79 Å². The second kappa shape index (κ2) is 3.46. The lowest BCUT2D eigenvalue weighted by Crippen LogP contribution is -2.21. The Morgan fingerprint density at radius 1 is 1.36 bits per heavy atom. The van der Waals surface area contributed by atoms with E-state index in [4.69, 9.17) is 0 Å². The molecule has 1 aliphatic heterocycles. The Bertz CT molecular complexity index is 421. The molecule has 0 unspecified atom stereocenters. The smallest absolute Gasteiger partial charge is 0.257 e. The van der Waals surface area contributed by atoms with E-state index < -0.39 is 0 Å². The fourth-order valence-corrected chi connectivity index (χ4v) is 1.41. The summed E-state index contributed by atoms with van der Waals surface area (Å²) in [6.45, 7) is 4.09. The van der Waals surface area contributed by atoms with Gasteiger partial charge in [0.05, 0.1) is 12.1 Å². The van der Waals surface area contributed by atoms with Gasteiger partial charge < -0.3 is 5.32 Å². The molecule has 0 aromatic heterocycles. The van der Waals surface area contributed by atoms with Crippen molar-refractivity contribution in [1.82, 2.24) is 5.32 Å². The molecule has 0 bridgehead atoms. The first kappa shape index (κ1) is 8.69. The Morgan fingerprint density at radius 2 is 2.07 bits per heavy atom. The number of nitrogens with zero attached hydrogens (tertiary/aromatic N) is 1. The second-order valence-electron chi connectivity index (χ2n) is 2.98. The Kier molecular flexibility index (Phi) is 2.14. The zero-order valence-corrected chi connectivity index (χ0v) is 7.66. The van der Waals surface area contributed by atoms with E-state index in [1.54, 1.807) is 12.1 Å². The van der Waals surface area contributed by atoms with Crippen molar-refractivity contribution in [2.75, 3.05) is 6.54 Å². The number of fused-ring (bicyclic) bond motifs is 1. The quantitative estimate of drug-likeness (QED) is 0.696. The summed E-state index contributed by atoms with van der Waals surface area (Å²) in [7, 11) is 0. The van der Waals surface area contributed by atoms with Gasteiger partial charge >= 0.3 is 0 Å². The number of aliphatic imine (C=N–C) groups is 1. The highest BCUT2D eigenvalue weighted by molar-refractivity contribution is 6.23. The van der Waals surface area contributed by atoms with Crippen molar-refractivity contribution in [1.29, 1.82) is 0 Å². The normalized spacial score (nSPS) is 16.6. The molecule has 1 aromatic carbocycles. The molecule has 0 atom stereocenters. The average Bonchev–Trinajstić information content (AvgIpc) is 2.54. The van der Waals surface area contributed by atoms with Crippen LogP contribution in [-0.2, 0) is 0 Å². The highest BCUT2D eigenvalue weighted by atomic mass is 16.2. The predicted octanol–water partition coefficient (Wildman–Crippen LogP) is 1.36. The molecule has 14 heavy (non-hydrogen) atoms. The van der Waals surface area contributed by atoms with Crippen molar-refractivity contribution in [3.8, 4) is 0 Å². The number of carbonyl (C=O) groups is 1. The number of amides is 1. The van der Waals surface area contributed by atoms with E-state index >= 15 is 0 Å². The number of rotatable bonds is 2. The Labute approximate surface area is 82.2 Å². The number of nitrogens with one attached hydrogen (secondary N) is 1. The first-order chi connectivity index (χ1) is 6.83.